The van der Waals surface area contributed by atoms with Crippen LogP contribution in [-0.4, -0.2) is 12.5 Å². The van der Waals surface area contributed by atoms with E-state index in [1.165, 1.54) is 6.07 Å². The maximum atomic E-state index is 13.2. The van der Waals surface area contributed by atoms with Crippen molar-refractivity contribution in [1.82, 2.24) is 0 Å². The van der Waals surface area contributed by atoms with Gasteiger partial charge in [-0.3, -0.25) is 4.79 Å². The second-order valence-corrected chi connectivity index (χ2v) is 5.11. The first-order valence-electron chi connectivity index (χ1n) is 6.67. The zero-order valence-corrected chi connectivity index (χ0v) is 11.3. The summed E-state index contributed by atoms with van der Waals surface area (Å²) < 4.78 is 26.1. The van der Waals surface area contributed by atoms with Crippen molar-refractivity contribution in [2.75, 3.05) is 17.2 Å². The molecule has 2 aromatic rings. The van der Waals surface area contributed by atoms with E-state index in [-0.39, 0.29) is 12.3 Å². The Bertz CT molecular complexity index is 715. The molecular formula is C16H14F2N2O. The van der Waals surface area contributed by atoms with E-state index in [9.17, 15) is 13.6 Å². The lowest BCUT2D eigenvalue weighted by molar-refractivity contribution is -0.117. The molecule has 108 valence electrons. The van der Waals surface area contributed by atoms with Gasteiger partial charge in [0.25, 0.3) is 0 Å². The summed E-state index contributed by atoms with van der Waals surface area (Å²) in [7, 11) is 0. The van der Waals surface area contributed by atoms with E-state index in [0.29, 0.717) is 17.8 Å². The fourth-order valence-electron chi connectivity index (χ4n) is 2.57. The molecule has 0 aromatic heterocycles. The summed E-state index contributed by atoms with van der Waals surface area (Å²) >= 11 is 0. The molecule has 21 heavy (non-hydrogen) atoms. The quantitative estimate of drug-likeness (QED) is 0.864. The lowest BCUT2D eigenvalue weighted by atomic mass is 10.1. The van der Waals surface area contributed by atoms with Crippen molar-refractivity contribution in [2.24, 2.45) is 0 Å². The van der Waals surface area contributed by atoms with Crippen LogP contribution in [0.2, 0.25) is 0 Å². The normalized spacial score (nSPS) is 13.3. The number of anilines is 2. The third kappa shape index (κ3) is 2.59. The van der Waals surface area contributed by atoms with Crippen molar-refractivity contribution in [2.45, 2.75) is 12.8 Å². The highest BCUT2D eigenvalue weighted by Crippen LogP contribution is 2.30. The van der Waals surface area contributed by atoms with Gasteiger partial charge in [-0.2, -0.15) is 0 Å². The number of carbonyl (C=O) groups excluding carboxylic acids is 1. The van der Waals surface area contributed by atoms with Crippen LogP contribution < -0.4 is 10.6 Å². The van der Waals surface area contributed by atoms with Gasteiger partial charge in [-0.05, 0) is 41.8 Å². The zero-order chi connectivity index (χ0) is 15.0. The highest BCUT2D eigenvalue weighted by molar-refractivity contribution is 5.97. The van der Waals surface area contributed by atoms with E-state index >= 15 is 0 Å². The maximum Gasteiger partial charge on any atom is 0.231 e. The van der Waals surface area contributed by atoms with Gasteiger partial charge in [-0.25, -0.2) is 8.78 Å². The van der Waals surface area contributed by atoms with Gasteiger partial charge in [0.2, 0.25) is 5.91 Å². The zero-order valence-electron chi connectivity index (χ0n) is 11.3. The van der Waals surface area contributed by atoms with Crippen LogP contribution in [0.15, 0.2) is 36.4 Å². The van der Waals surface area contributed by atoms with Crippen molar-refractivity contribution >= 4 is 17.3 Å². The molecule has 0 bridgehead atoms. The molecule has 3 nitrogen and oxygen atoms in total. The Morgan fingerprint density at radius 3 is 2.71 bits per heavy atom. The fraction of sp³-hybridized carbons (Fsp3) is 0.188. The third-order valence-electron chi connectivity index (χ3n) is 3.65. The number of halogens is 2. The number of amides is 1. The lowest BCUT2D eigenvalue weighted by Gasteiger charge is -2.17. The van der Waals surface area contributed by atoms with Crippen molar-refractivity contribution in [3.8, 4) is 0 Å². The van der Waals surface area contributed by atoms with Crippen LogP contribution in [0.5, 0.6) is 0 Å². The van der Waals surface area contributed by atoms with E-state index < -0.39 is 11.6 Å². The number of hydrogen-bond acceptors (Lipinski definition) is 2. The Hall–Kier alpha value is -2.43. The predicted octanol–water partition coefficient (Wildman–Crippen LogP) is 2.68. The standard InChI is InChI=1S/C16H14F2N2O/c17-13-4-1-10(7-14(13)18)8-16(21)20-6-5-11-2-3-12(19)9-15(11)20/h1-4,7,9H,5-6,8,19H2. The number of fused-ring (bicyclic) bond motifs is 1. The minimum atomic E-state index is -0.939. The molecule has 1 amide bonds. The number of rotatable bonds is 2. The number of hydrogen-bond donors (Lipinski definition) is 1. The number of nitrogens with two attached hydrogens (primary N) is 1. The lowest BCUT2D eigenvalue weighted by Crippen LogP contribution is -2.30. The van der Waals surface area contributed by atoms with Gasteiger partial charge in [0.05, 0.1) is 6.42 Å². The molecule has 2 aromatic carbocycles. The van der Waals surface area contributed by atoms with Gasteiger partial charge >= 0.3 is 0 Å². The minimum absolute atomic E-state index is 0.0332. The van der Waals surface area contributed by atoms with Crippen LogP contribution in [0.4, 0.5) is 20.2 Å². The van der Waals surface area contributed by atoms with Gasteiger partial charge in [0.1, 0.15) is 0 Å². The molecule has 0 aliphatic carbocycles. The van der Waals surface area contributed by atoms with Gasteiger partial charge in [0, 0.05) is 17.9 Å². The van der Waals surface area contributed by atoms with Crippen LogP contribution in [0, 0.1) is 11.6 Å². The number of nitrogens with zero attached hydrogens (tertiary/aromatic N) is 1. The van der Waals surface area contributed by atoms with Crippen LogP contribution in [0.3, 0.4) is 0 Å². The molecule has 3 rings (SSSR count). The van der Waals surface area contributed by atoms with Gasteiger partial charge < -0.3 is 10.6 Å². The molecule has 1 aliphatic rings. The highest BCUT2D eigenvalue weighted by Gasteiger charge is 2.24. The average Bonchev–Trinajstić information content (AvgIpc) is 2.86. The first-order chi connectivity index (χ1) is 10.0. The number of benzene rings is 2. The van der Waals surface area contributed by atoms with Crippen molar-refractivity contribution in [1.29, 1.82) is 0 Å². The smallest absolute Gasteiger partial charge is 0.231 e. The molecular weight excluding hydrogens is 274 g/mol. The van der Waals surface area contributed by atoms with Gasteiger partial charge in [0.15, 0.2) is 11.6 Å². The van der Waals surface area contributed by atoms with Crippen LogP contribution in [0.1, 0.15) is 11.1 Å². The summed E-state index contributed by atoms with van der Waals surface area (Å²) in [5.41, 5.74) is 8.69. The summed E-state index contributed by atoms with van der Waals surface area (Å²) in [6.07, 6.45) is 0.810. The van der Waals surface area contributed by atoms with Crippen molar-refractivity contribution in [3.05, 3.63) is 59.2 Å². The summed E-state index contributed by atoms with van der Waals surface area (Å²) in [6.45, 7) is 0.585. The summed E-state index contributed by atoms with van der Waals surface area (Å²) in [6, 6.07) is 9.01. The Balaban J connectivity index is 1.81. The molecule has 0 radical (unpaired) electrons. The molecule has 1 aliphatic heterocycles. The van der Waals surface area contributed by atoms with Gasteiger partial charge in [-0.15, -0.1) is 0 Å². The van der Waals surface area contributed by atoms with E-state index in [4.69, 9.17) is 5.73 Å². The van der Waals surface area contributed by atoms with Crippen LogP contribution >= 0.6 is 0 Å². The maximum absolute atomic E-state index is 13.2. The second kappa shape index (κ2) is 5.16. The van der Waals surface area contributed by atoms with Crippen molar-refractivity contribution in [3.63, 3.8) is 0 Å². The van der Waals surface area contributed by atoms with E-state index in [0.717, 1.165) is 29.8 Å². The Morgan fingerprint density at radius 1 is 1.14 bits per heavy atom. The topological polar surface area (TPSA) is 46.3 Å². The Kier molecular flexibility index (Phi) is 3.33. The SMILES string of the molecule is Nc1ccc2c(c1)N(C(=O)Cc1ccc(F)c(F)c1)CC2. The molecule has 0 saturated heterocycles. The molecule has 2 N–H and O–H groups in total. The molecule has 0 spiro atoms. The van der Waals surface area contributed by atoms with Crippen LogP contribution in [-0.2, 0) is 17.6 Å². The molecule has 0 unspecified atom stereocenters. The largest absolute Gasteiger partial charge is 0.399 e. The Morgan fingerprint density at radius 2 is 1.95 bits per heavy atom. The summed E-state index contributed by atoms with van der Waals surface area (Å²) in [5, 5.41) is 0. The number of nitrogen functional groups attached to an aromatic ring is 1. The molecule has 0 atom stereocenters. The first kappa shape index (κ1) is 13.5. The highest BCUT2D eigenvalue weighted by atomic mass is 19.2. The van der Waals surface area contributed by atoms with E-state index in [1.54, 1.807) is 11.0 Å². The number of carbonyl (C=O) groups is 1. The molecule has 5 heteroatoms. The summed E-state index contributed by atoms with van der Waals surface area (Å²) in [5.74, 6) is -2.00. The fourth-order valence-corrected chi connectivity index (χ4v) is 2.57. The van der Waals surface area contributed by atoms with E-state index in [2.05, 4.69) is 0 Å². The summed E-state index contributed by atoms with van der Waals surface area (Å²) in [4.78, 5) is 14.0. The Labute approximate surface area is 121 Å². The van der Waals surface area contributed by atoms with Crippen molar-refractivity contribution < 1.29 is 13.6 Å². The minimum Gasteiger partial charge on any atom is -0.399 e. The predicted molar refractivity (Wildman–Crippen MR) is 77.0 cm³/mol. The molecule has 0 saturated carbocycles. The second-order valence-electron chi connectivity index (χ2n) is 5.11. The van der Waals surface area contributed by atoms with Crippen LogP contribution in [0.25, 0.3) is 0 Å². The van der Waals surface area contributed by atoms with Gasteiger partial charge in [-0.1, -0.05) is 12.1 Å². The molecule has 0 fully saturated rings. The molecule has 1 heterocycles. The first-order valence-corrected chi connectivity index (χ1v) is 6.67. The monoisotopic (exact) mass is 288 g/mol. The third-order valence-corrected chi connectivity index (χ3v) is 3.65. The average molecular weight is 288 g/mol. The van der Waals surface area contributed by atoms with E-state index in [1.807, 2.05) is 12.1 Å².